The van der Waals surface area contributed by atoms with Crippen molar-refractivity contribution >= 4 is 28.7 Å². The summed E-state index contributed by atoms with van der Waals surface area (Å²) in [6, 6.07) is 17.7. The highest BCUT2D eigenvalue weighted by molar-refractivity contribution is 6.07. The SMILES string of the molecule is COc1ccc(-c2cc3ccccc3nc2/C=C/C(=O)c2cnc(N)nc2C)cc1. The number of anilines is 1. The zero-order valence-electron chi connectivity index (χ0n) is 16.7. The van der Waals surface area contributed by atoms with E-state index in [4.69, 9.17) is 15.5 Å². The van der Waals surface area contributed by atoms with Gasteiger partial charge in [-0.2, -0.15) is 0 Å². The summed E-state index contributed by atoms with van der Waals surface area (Å²) in [5.41, 5.74) is 9.98. The van der Waals surface area contributed by atoms with Crippen molar-refractivity contribution in [2.45, 2.75) is 6.92 Å². The summed E-state index contributed by atoms with van der Waals surface area (Å²) < 4.78 is 5.26. The summed E-state index contributed by atoms with van der Waals surface area (Å²) in [6.07, 6.45) is 4.67. The molecular formula is C24H20N4O2. The molecule has 0 radical (unpaired) electrons. The van der Waals surface area contributed by atoms with Crippen molar-refractivity contribution in [3.63, 3.8) is 0 Å². The molecule has 6 heteroatoms. The molecule has 148 valence electrons. The minimum absolute atomic E-state index is 0.144. The zero-order valence-corrected chi connectivity index (χ0v) is 16.7. The maximum Gasteiger partial charge on any atom is 0.220 e. The van der Waals surface area contributed by atoms with E-state index in [1.165, 1.54) is 12.3 Å². The number of hydrogen-bond acceptors (Lipinski definition) is 6. The number of pyridine rings is 1. The Balaban J connectivity index is 1.78. The summed E-state index contributed by atoms with van der Waals surface area (Å²) in [7, 11) is 1.63. The number of nitrogens with zero attached hydrogens (tertiary/aromatic N) is 3. The van der Waals surface area contributed by atoms with E-state index < -0.39 is 0 Å². The second-order valence-electron chi connectivity index (χ2n) is 6.77. The van der Waals surface area contributed by atoms with Gasteiger partial charge in [-0.05, 0) is 48.9 Å². The van der Waals surface area contributed by atoms with Gasteiger partial charge in [0.2, 0.25) is 5.95 Å². The smallest absolute Gasteiger partial charge is 0.220 e. The van der Waals surface area contributed by atoms with E-state index in [2.05, 4.69) is 16.0 Å². The fraction of sp³-hybridized carbons (Fsp3) is 0.0833. The lowest BCUT2D eigenvalue weighted by Crippen LogP contribution is -2.04. The van der Waals surface area contributed by atoms with Gasteiger partial charge < -0.3 is 10.5 Å². The number of allylic oxidation sites excluding steroid dienone is 1. The van der Waals surface area contributed by atoms with Crippen molar-refractivity contribution < 1.29 is 9.53 Å². The van der Waals surface area contributed by atoms with E-state index >= 15 is 0 Å². The number of nitrogens with two attached hydrogens (primary N) is 1. The lowest BCUT2D eigenvalue weighted by molar-refractivity contribution is 0.104. The average molecular weight is 396 g/mol. The second kappa shape index (κ2) is 8.13. The number of aryl methyl sites for hydroxylation is 1. The van der Waals surface area contributed by atoms with Gasteiger partial charge in [-0.3, -0.25) is 4.79 Å². The molecule has 0 bridgehead atoms. The van der Waals surface area contributed by atoms with Crippen LogP contribution in [0.3, 0.4) is 0 Å². The summed E-state index contributed by atoms with van der Waals surface area (Å²) in [5.74, 6) is 0.716. The fourth-order valence-corrected chi connectivity index (χ4v) is 3.23. The maximum atomic E-state index is 12.7. The summed E-state index contributed by atoms with van der Waals surface area (Å²) in [6.45, 7) is 1.73. The number of rotatable bonds is 5. The minimum atomic E-state index is -0.205. The van der Waals surface area contributed by atoms with Gasteiger partial charge in [-0.25, -0.2) is 15.0 Å². The van der Waals surface area contributed by atoms with Crippen molar-refractivity contribution in [1.29, 1.82) is 0 Å². The third-order valence-corrected chi connectivity index (χ3v) is 4.81. The van der Waals surface area contributed by atoms with Crippen LogP contribution in [0.15, 0.2) is 66.9 Å². The van der Waals surface area contributed by atoms with Gasteiger partial charge in [0, 0.05) is 17.1 Å². The van der Waals surface area contributed by atoms with Crippen LogP contribution in [0, 0.1) is 6.92 Å². The number of carbonyl (C=O) groups excluding carboxylic acids is 1. The van der Waals surface area contributed by atoms with Gasteiger partial charge in [0.05, 0.1) is 29.6 Å². The van der Waals surface area contributed by atoms with Crippen LogP contribution < -0.4 is 10.5 Å². The van der Waals surface area contributed by atoms with Gasteiger partial charge in [0.15, 0.2) is 5.78 Å². The highest BCUT2D eigenvalue weighted by Gasteiger charge is 2.11. The Morgan fingerprint density at radius 2 is 1.83 bits per heavy atom. The summed E-state index contributed by atoms with van der Waals surface area (Å²) >= 11 is 0. The van der Waals surface area contributed by atoms with Crippen molar-refractivity contribution in [2.24, 2.45) is 0 Å². The van der Waals surface area contributed by atoms with Crippen LogP contribution in [-0.4, -0.2) is 27.8 Å². The molecule has 0 fully saturated rings. The predicted molar refractivity (Wildman–Crippen MR) is 118 cm³/mol. The molecule has 6 nitrogen and oxygen atoms in total. The van der Waals surface area contributed by atoms with Gasteiger partial charge >= 0.3 is 0 Å². The number of methoxy groups -OCH3 is 1. The molecule has 0 aliphatic carbocycles. The Morgan fingerprint density at radius 1 is 1.07 bits per heavy atom. The number of fused-ring (bicyclic) bond motifs is 1. The van der Waals surface area contributed by atoms with E-state index in [1.807, 2.05) is 48.5 Å². The monoisotopic (exact) mass is 396 g/mol. The van der Waals surface area contributed by atoms with E-state index in [9.17, 15) is 4.79 Å². The summed E-state index contributed by atoms with van der Waals surface area (Å²) in [4.78, 5) is 25.4. The molecule has 0 spiro atoms. The standard InChI is InChI=1S/C24H20N4O2/c1-15-20(14-26-24(25)27-15)23(29)12-11-22-19(16-7-9-18(30-2)10-8-16)13-17-5-3-4-6-21(17)28-22/h3-14H,1-2H3,(H2,25,26,27)/b12-11+. The number of nitrogen functional groups attached to an aromatic ring is 1. The molecule has 0 unspecified atom stereocenters. The molecular weight excluding hydrogens is 376 g/mol. The molecule has 0 atom stereocenters. The van der Waals surface area contributed by atoms with Crippen LogP contribution in [0.2, 0.25) is 0 Å². The van der Waals surface area contributed by atoms with E-state index in [0.29, 0.717) is 17.0 Å². The number of ether oxygens (including phenoxy) is 1. The van der Waals surface area contributed by atoms with Crippen LogP contribution in [0.1, 0.15) is 21.7 Å². The molecule has 4 aromatic rings. The van der Waals surface area contributed by atoms with E-state index in [1.54, 1.807) is 20.1 Å². The molecule has 0 saturated carbocycles. The first kappa shape index (κ1) is 19.3. The molecule has 2 heterocycles. The Kier molecular flexibility index (Phi) is 5.22. The first-order chi connectivity index (χ1) is 14.5. The van der Waals surface area contributed by atoms with Crippen molar-refractivity contribution in [3.8, 4) is 16.9 Å². The van der Waals surface area contributed by atoms with Crippen LogP contribution in [-0.2, 0) is 0 Å². The molecule has 0 aliphatic heterocycles. The Hall–Kier alpha value is -4.06. The topological polar surface area (TPSA) is 91.0 Å². The third-order valence-electron chi connectivity index (χ3n) is 4.81. The largest absolute Gasteiger partial charge is 0.497 e. The minimum Gasteiger partial charge on any atom is -0.497 e. The quantitative estimate of drug-likeness (QED) is 0.395. The highest BCUT2D eigenvalue weighted by atomic mass is 16.5. The number of benzene rings is 2. The Labute approximate surface area is 174 Å². The molecule has 2 aromatic heterocycles. The third kappa shape index (κ3) is 3.89. The van der Waals surface area contributed by atoms with Crippen molar-refractivity contribution in [2.75, 3.05) is 12.8 Å². The van der Waals surface area contributed by atoms with Gasteiger partial charge in [-0.15, -0.1) is 0 Å². The van der Waals surface area contributed by atoms with E-state index in [-0.39, 0.29) is 11.7 Å². The van der Waals surface area contributed by atoms with Gasteiger partial charge in [0.25, 0.3) is 0 Å². The molecule has 2 aromatic carbocycles. The Morgan fingerprint density at radius 3 is 2.57 bits per heavy atom. The average Bonchev–Trinajstić information content (AvgIpc) is 2.77. The van der Waals surface area contributed by atoms with Crippen LogP contribution in [0.5, 0.6) is 5.75 Å². The molecule has 4 rings (SSSR count). The lowest BCUT2D eigenvalue weighted by atomic mass is 10.0. The maximum absolute atomic E-state index is 12.7. The molecule has 2 N–H and O–H groups in total. The number of ketones is 1. The zero-order chi connectivity index (χ0) is 21.1. The van der Waals surface area contributed by atoms with Gasteiger partial charge in [-0.1, -0.05) is 30.3 Å². The van der Waals surface area contributed by atoms with E-state index in [0.717, 1.165) is 27.8 Å². The van der Waals surface area contributed by atoms with Crippen molar-refractivity contribution in [3.05, 3.63) is 83.8 Å². The first-order valence-corrected chi connectivity index (χ1v) is 9.41. The number of hydrogen-bond donors (Lipinski definition) is 1. The molecule has 0 saturated heterocycles. The van der Waals surface area contributed by atoms with Crippen molar-refractivity contribution in [1.82, 2.24) is 15.0 Å². The van der Waals surface area contributed by atoms with Crippen LogP contribution in [0.4, 0.5) is 5.95 Å². The number of carbonyl (C=O) groups is 1. The van der Waals surface area contributed by atoms with Crippen LogP contribution in [0.25, 0.3) is 28.1 Å². The Bertz CT molecular complexity index is 1260. The second-order valence-corrected chi connectivity index (χ2v) is 6.77. The highest BCUT2D eigenvalue weighted by Crippen LogP contribution is 2.29. The number of aromatic nitrogens is 3. The molecule has 0 aliphatic rings. The van der Waals surface area contributed by atoms with Crippen LogP contribution >= 0.6 is 0 Å². The lowest BCUT2D eigenvalue weighted by Gasteiger charge is -2.09. The normalized spacial score (nSPS) is 11.1. The molecule has 0 amide bonds. The predicted octanol–water partition coefficient (Wildman–Crippen LogP) is 4.49. The fourth-order valence-electron chi connectivity index (χ4n) is 3.23. The number of para-hydroxylation sites is 1. The summed E-state index contributed by atoms with van der Waals surface area (Å²) in [5, 5.41) is 1.02. The van der Waals surface area contributed by atoms with Gasteiger partial charge in [0.1, 0.15) is 5.75 Å². The molecule has 30 heavy (non-hydrogen) atoms. The first-order valence-electron chi connectivity index (χ1n) is 9.41.